The molecule has 6 rings (SSSR count). The first-order valence-corrected chi connectivity index (χ1v) is 10.7. The number of thiophene rings is 1. The van der Waals surface area contributed by atoms with Crippen molar-refractivity contribution in [2.45, 2.75) is 0 Å². The van der Waals surface area contributed by atoms with Gasteiger partial charge in [0.05, 0.1) is 15.2 Å². The van der Waals surface area contributed by atoms with Crippen LogP contribution in [0.3, 0.4) is 0 Å². The summed E-state index contributed by atoms with van der Waals surface area (Å²) in [6, 6.07) is 25.5. The second-order valence-electron chi connectivity index (χ2n) is 6.59. The number of rotatable bonds is 1. The maximum Gasteiger partial charge on any atom is 0.124 e. The number of thiazole rings is 1. The Balaban J connectivity index is 1.62. The second-order valence-corrected chi connectivity index (χ2v) is 9.05. The van der Waals surface area contributed by atoms with Crippen LogP contribution in [0.4, 0.5) is 0 Å². The van der Waals surface area contributed by atoms with Crippen molar-refractivity contribution in [2.24, 2.45) is 0 Å². The van der Waals surface area contributed by atoms with Gasteiger partial charge in [0.1, 0.15) is 5.01 Å². The summed E-state index contributed by atoms with van der Waals surface area (Å²) in [6.07, 6.45) is 0. The number of halogens is 1. The Labute approximate surface area is 168 Å². The van der Waals surface area contributed by atoms with Gasteiger partial charge in [0.15, 0.2) is 0 Å². The fourth-order valence-corrected chi connectivity index (χ4v) is 6.27. The summed E-state index contributed by atoms with van der Waals surface area (Å²) in [5.41, 5.74) is 2.12. The predicted octanol–water partition coefficient (Wildman–Crippen LogP) is 8.14. The van der Waals surface area contributed by atoms with E-state index in [0.717, 1.165) is 31.2 Å². The monoisotopic (exact) mass is 401 g/mol. The van der Waals surface area contributed by atoms with Gasteiger partial charge in [-0.15, -0.1) is 22.7 Å². The molecule has 0 aliphatic carbocycles. The molecule has 0 N–H and O–H groups in total. The Morgan fingerprint density at radius 2 is 1.56 bits per heavy atom. The first-order valence-electron chi connectivity index (χ1n) is 8.67. The molecule has 6 aromatic rings. The number of fused-ring (bicyclic) bond motifs is 5. The molecule has 0 atom stereocenters. The van der Waals surface area contributed by atoms with Crippen LogP contribution >= 0.6 is 34.3 Å². The van der Waals surface area contributed by atoms with Gasteiger partial charge in [-0.3, -0.25) is 0 Å². The van der Waals surface area contributed by atoms with Crippen molar-refractivity contribution in [1.82, 2.24) is 4.98 Å². The molecule has 0 aliphatic heterocycles. The van der Waals surface area contributed by atoms with Crippen molar-refractivity contribution >= 4 is 75.4 Å². The molecule has 0 saturated carbocycles. The zero-order valence-corrected chi connectivity index (χ0v) is 16.5. The number of nitrogens with zero attached hydrogens (tertiary/aromatic N) is 1. The molecule has 2 aromatic heterocycles. The van der Waals surface area contributed by atoms with Crippen molar-refractivity contribution in [3.05, 3.63) is 77.8 Å². The number of benzene rings is 4. The highest BCUT2D eigenvalue weighted by molar-refractivity contribution is 7.26. The van der Waals surface area contributed by atoms with Gasteiger partial charge in [0.25, 0.3) is 0 Å². The third kappa shape index (κ3) is 2.32. The smallest absolute Gasteiger partial charge is 0.124 e. The zero-order valence-electron chi connectivity index (χ0n) is 14.1. The first kappa shape index (κ1) is 15.6. The van der Waals surface area contributed by atoms with Crippen molar-refractivity contribution in [3.63, 3.8) is 0 Å². The lowest BCUT2D eigenvalue weighted by Crippen LogP contribution is -1.77. The predicted molar refractivity (Wildman–Crippen MR) is 120 cm³/mol. The third-order valence-electron chi connectivity index (χ3n) is 4.96. The summed E-state index contributed by atoms with van der Waals surface area (Å²) >= 11 is 10.3. The third-order valence-corrected chi connectivity index (χ3v) is 7.70. The molecule has 0 unspecified atom stereocenters. The van der Waals surface area contributed by atoms with Gasteiger partial charge in [-0.25, -0.2) is 4.98 Å². The van der Waals surface area contributed by atoms with Gasteiger partial charge in [-0.2, -0.15) is 0 Å². The van der Waals surface area contributed by atoms with Crippen molar-refractivity contribution in [2.75, 3.05) is 0 Å². The van der Waals surface area contributed by atoms with Gasteiger partial charge < -0.3 is 0 Å². The summed E-state index contributed by atoms with van der Waals surface area (Å²) in [5.74, 6) is 0. The minimum Gasteiger partial charge on any atom is -0.236 e. The van der Waals surface area contributed by atoms with Crippen LogP contribution in [0.15, 0.2) is 72.8 Å². The molecular weight excluding hydrogens is 390 g/mol. The Kier molecular flexibility index (Phi) is 3.33. The molecule has 1 nitrogen and oxygen atoms in total. The number of hydrogen-bond acceptors (Lipinski definition) is 3. The van der Waals surface area contributed by atoms with Gasteiger partial charge in [-0.1, -0.05) is 66.2 Å². The largest absolute Gasteiger partial charge is 0.236 e. The van der Waals surface area contributed by atoms with Crippen LogP contribution in [0, 0.1) is 0 Å². The van der Waals surface area contributed by atoms with E-state index in [1.54, 1.807) is 22.7 Å². The van der Waals surface area contributed by atoms with Gasteiger partial charge in [0.2, 0.25) is 0 Å². The minimum atomic E-state index is 0.824. The summed E-state index contributed by atoms with van der Waals surface area (Å²) in [6.45, 7) is 0. The minimum absolute atomic E-state index is 0.824. The molecular formula is C23H12ClNS2. The van der Waals surface area contributed by atoms with Crippen LogP contribution in [-0.4, -0.2) is 4.98 Å². The average molecular weight is 402 g/mol. The molecule has 0 saturated heterocycles. The van der Waals surface area contributed by atoms with Crippen molar-refractivity contribution in [3.8, 4) is 10.6 Å². The summed E-state index contributed by atoms with van der Waals surface area (Å²) in [4.78, 5) is 4.91. The van der Waals surface area contributed by atoms with Gasteiger partial charge >= 0.3 is 0 Å². The molecule has 2 heterocycles. The Morgan fingerprint density at radius 3 is 2.48 bits per heavy atom. The average Bonchev–Trinajstić information content (AvgIpc) is 3.29. The summed E-state index contributed by atoms with van der Waals surface area (Å²) < 4.78 is 3.53. The van der Waals surface area contributed by atoms with E-state index in [2.05, 4.69) is 72.8 Å². The molecule has 0 bridgehead atoms. The molecule has 0 amide bonds. The van der Waals surface area contributed by atoms with Crippen LogP contribution < -0.4 is 0 Å². The fourth-order valence-electron chi connectivity index (χ4n) is 3.66. The van der Waals surface area contributed by atoms with Crippen LogP contribution in [0.25, 0.3) is 51.7 Å². The molecule has 0 aliphatic rings. The highest BCUT2D eigenvalue weighted by Gasteiger charge is 2.16. The lowest BCUT2D eigenvalue weighted by Gasteiger charge is -2.00. The SMILES string of the molecule is Clc1c2sc(-c3ccc4ccccc4c3)nc2cc2sc3ccccc3c12. The lowest BCUT2D eigenvalue weighted by molar-refractivity contribution is 1.49. The molecule has 0 radical (unpaired) electrons. The van der Waals surface area contributed by atoms with Crippen LogP contribution in [0.5, 0.6) is 0 Å². The Bertz CT molecular complexity index is 1490. The van der Waals surface area contributed by atoms with E-state index in [0.29, 0.717) is 0 Å². The van der Waals surface area contributed by atoms with E-state index in [4.69, 9.17) is 16.6 Å². The fraction of sp³-hybridized carbons (Fsp3) is 0. The van der Waals surface area contributed by atoms with E-state index in [1.807, 2.05) is 0 Å². The maximum absolute atomic E-state index is 6.87. The van der Waals surface area contributed by atoms with Gasteiger partial charge in [0, 0.05) is 25.7 Å². The van der Waals surface area contributed by atoms with E-state index < -0.39 is 0 Å². The van der Waals surface area contributed by atoms with Crippen LogP contribution in [-0.2, 0) is 0 Å². The van der Waals surface area contributed by atoms with Crippen molar-refractivity contribution in [1.29, 1.82) is 0 Å². The Hall–Kier alpha value is -2.46. The highest BCUT2D eigenvalue weighted by atomic mass is 35.5. The van der Waals surface area contributed by atoms with E-state index in [1.165, 1.54) is 25.6 Å². The first-order chi connectivity index (χ1) is 13.3. The molecule has 4 heteroatoms. The van der Waals surface area contributed by atoms with Crippen molar-refractivity contribution < 1.29 is 0 Å². The van der Waals surface area contributed by atoms with E-state index in [9.17, 15) is 0 Å². The topological polar surface area (TPSA) is 12.9 Å². The highest BCUT2D eigenvalue weighted by Crippen LogP contribution is 2.44. The normalized spacial score (nSPS) is 11.9. The standard InChI is InChI=1S/C23H12ClNS2/c24-21-20-16-7-3-4-8-18(16)26-19(20)12-17-22(21)27-23(25-17)15-10-9-13-5-1-2-6-14(13)11-15/h1-12H. The molecule has 27 heavy (non-hydrogen) atoms. The zero-order chi connectivity index (χ0) is 18.0. The van der Waals surface area contributed by atoms with E-state index >= 15 is 0 Å². The molecule has 0 spiro atoms. The second kappa shape index (κ2) is 5.77. The van der Waals surface area contributed by atoms with Crippen LogP contribution in [0.2, 0.25) is 5.02 Å². The van der Waals surface area contributed by atoms with Gasteiger partial charge in [-0.05, 0) is 29.0 Å². The molecule has 128 valence electrons. The lowest BCUT2D eigenvalue weighted by atomic mass is 10.1. The Morgan fingerprint density at radius 1 is 0.741 bits per heavy atom. The van der Waals surface area contributed by atoms with E-state index in [-0.39, 0.29) is 0 Å². The quantitative estimate of drug-likeness (QED) is 0.271. The number of hydrogen-bond donors (Lipinski definition) is 0. The number of aromatic nitrogens is 1. The molecule has 4 aromatic carbocycles. The summed E-state index contributed by atoms with van der Waals surface area (Å²) in [7, 11) is 0. The summed E-state index contributed by atoms with van der Waals surface area (Å²) in [5, 5.41) is 6.69. The molecule has 0 fully saturated rings. The maximum atomic E-state index is 6.87. The van der Waals surface area contributed by atoms with Crippen LogP contribution in [0.1, 0.15) is 0 Å².